The summed E-state index contributed by atoms with van der Waals surface area (Å²) in [5.41, 5.74) is 6.20. The van der Waals surface area contributed by atoms with Crippen molar-refractivity contribution in [3.05, 3.63) is 203 Å². The molecule has 6 aromatic carbocycles. The van der Waals surface area contributed by atoms with E-state index in [9.17, 15) is 0 Å². The van der Waals surface area contributed by atoms with Gasteiger partial charge < -0.3 is 19.1 Å². The zero-order valence-corrected chi connectivity index (χ0v) is 29.4. The highest BCUT2D eigenvalue weighted by atomic mass is 16.5. The van der Waals surface area contributed by atoms with Crippen LogP contribution in [0.15, 0.2) is 170 Å². The number of unbranched alkanes of at least 4 members (excludes halogenated alkanes) is 2. The van der Waals surface area contributed by atoms with Gasteiger partial charge in [0.05, 0.1) is 7.11 Å². The summed E-state index contributed by atoms with van der Waals surface area (Å²) in [7, 11) is 5.85. The molecule has 0 fully saturated rings. The van der Waals surface area contributed by atoms with E-state index < -0.39 is 11.2 Å². The number of anilines is 1. The van der Waals surface area contributed by atoms with Crippen molar-refractivity contribution in [1.29, 1.82) is 0 Å². The summed E-state index contributed by atoms with van der Waals surface area (Å²) in [6.07, 6.45) is 2.74. The predicted octanol–water partition coefficient (Wildman–Crippen LogP) is 10.2. The van der Waals surface area contributed by atoms with E-state index in [2.05, 4.69) is 177 Å². The Hall–Kier alpha value is -5.16. The van der Waals surface area contributed by atoms with Gasteiger partial charge in [0.2, 0.25) is 0 Å². The van der Waals surface area contributed by atoms with Gasteiger partial charge in [0.1, 0.15) is 17.0 Å². The Balaban J connectivity index is 1.23. The third-order valence-corrected chi connectivity index (χ3v) is 9.41. The molecule has 6 rings (SSSR count). The second kappa shape index (κ2) is 16.5. The lowest BCUT2D eigenvalue weighted by atomic mass is 9.79. The summed E-state index contributed by atoms with van der Waals surface area (Å²) >= 11 is 0. The van der Waals surface area contributed by atoms with Gasteiger partial charge in [0, 0.05) is 33.0 Å². The first-order chi connectivity index (χ1) is 24.6. The van der Waals surface area contributed by atoms with Gasteiger partial charge in [-0.25, -0.2) is 0 Å². The summed E-state index contributed by atoms with van der Waals surface area (Å²) in [5.74, 6) is 0.819. The van der Waals surface area contributed by atoms with Crippen LogP contribution in [0.4, 0.5) is 5.69 Å². The molecule has 0 saturated carbocycles. The van der Waals surface area contributed by atoms with Gasteiger partial charge in [-0.2, -0.15) is 0 Å². The first-order valence-corrected chi connectivity index (χ1v) is 17.5. The molecule has 0 spiro atoms. The van der Waals surface area contributed by atoms with Crippen molar-refractivity contribution < 1.29 is 14.2 Å². The third-order valence-electron chi connectivity index (χ3n) is 9.41. The summed E-state index contributed by atoms with van der Waals surface area (Å²) in [5, 5.41) is 0. The van der Waals surface area contributed by atoms with Crippen LogP contribution in [0, 0.1) is 0 Å². The molecule has 0 heterocycles. The van der Waals surface area contributed by atoms with Crippen LogP contribution in [0.2, 0.25) is 0 Å². The second-order valence-electron chi connectivity index (χ2n) is 12.8. The van der Waals surface area contributed by atoms with Gasteiger partial charge in [-0.05, 0) is 76.9 Å². The van der Waals surface area contributed by atoms with Crippen LogP contribution in [0.3, 0.4) is 0 Å². The van der Waals surface area contributed by atoms with Crippen molar-refractivity contribution in [2.24, 2.45) is 0 Å². The number of ether oxygens (including phenoxy) is 3. The Morgan fingerprint density at radius 3 is 1.20 bits per heavy atom. The molecule has 4 heteroatoms. The molecular formula is C46H47NO3. The van der Waals surface area contributed by atoms with Gasteiger partial charge in [0.15, 0.2) is 0 Å². The van der Waals surface area contributed by atoms with E-state index in [4.69, 9.17) is 14.2 Å². The Morgan fingerprint density at radius 1 is 0.420 bits per heavy atom. The van der Waals surface area contributed by atoms with Crippen LogP contribution in [-0.2, 0) is 20.7 Å². The standard InChI is InChI=1S/C46H47NO3/c1-47(2)43-29-19-28-42(36-43)46(39-24-13-6-14-25-39,40-26-15-7-16-27-40)50-35-18-8-17-34-49-45(37-20-9-4-10-21-37,38-22-11-5-12-23-38)41-30-32-44(48-3)33-31-41/h4-7,9-16,19-33,36H,8,17-18,34-35H2,1-3H3. The van der Waals surface area contributed by atoms with E-state index in [1.165, 1.54) is 0 Å². The zero-order chi connectivity index (χ0) is 34.7. The largest absolute Gasteiger partial charge is 0.497 e. The lowest BCUT2D eigenvalue weighted by molar-refractivity contribution is 0.000739. The average Bonchev–Trinajstić information content (AvgIpc) is 3.19. The van der Waals surface area contributed by atoms with Crippen LogP contribution in [0.1, 0.15) is 52.6 Å². The Morgan fingerprint density at radius 2 is 0.800 bits per heavy atom. The SMILES string of the molecule is COc1ccc(C(OCCCCCOC(c2ccccc2)(c2ccccc2)c2cccc(N(C)C)c2)(c2ccccc2)c2ccccc2)cc1. The molecule has 50 heavy (non-hydrogen) atoms. The Bertz CT molecular complexity index is 1800. The zero-order valence-electron chi connectivity index (χ0n) is 29.4. The molecule has 6 aromatic rings. The first kappa shape index (κ1) is 34.7. The van der Waals surface area contributed by atoms with Gasteiger partial charge in [0.25, 0.3) is 0 Å². The molecule has 0 amide bonds. The van der Waals surface area contributed by atoms with Crippen molar-refractivity contribution in [3.8, 4) is 5.75 Å². The summed E-state index contributed by atoms with van der Waals surface area (Å²) in [4.78, 5) is 2.14. The number of benzene rings is 6. The van der Waals surface area contributed by atoms with E-state index in [1.54, 1.807) is 7.11 Å². The van der Waals surface area contributed by atoms with E-state index >= 15 is 0 Å². The van der Waals surface area contributed by atoms with Crippen LogP contribution in [0.25, 0.3) is 0 Å². The molecule has 0 atom stereocenters. The molecule has 0 aliphatic carbocycles. The van der Waals surface area contributed by atoms with Gasteiger partial charge >= 0.3 is 0 Å². The number of rotatable bonds is 16. The van der Waals surface area contributed by atoms with Crippen LogP contribution in [0.5, 0.6) is 5.75 Å². The summed E-state index contributed by atoms with van der Waals surface area (Å²) in [6, 6.07) is 59.2. The monoisotopic (exact) mass is 661 g/mol. The Labute approximate surface area is 297 Å². The van der Waals surface area contributed by atoms with Crippen molar-refractivity contribution in [2.75, 3.05) is 39.3 Å². The predicted molar refractivity (Wildman–Crippen MR) is 205 cm³/mol. The minimum absolute atomic E-state index is 0.587. The maximum Gasteiger partial charge on any atom is 0.143 e. The molecule has 0 aromatic heterocycles. The highest BCUT2D eigenvalue weighted by molar-refractivity contribution is 5.55. The summed E-state index contributed by atoms with van der Waals surface area (Å²) in [6.45, 7) is 1.18. The minimum Gasteiger partial charge on any atom is -0.497 e. The Kier molecular flexibility index (Phi) is 11.4. The maximum absolute atomic E-state index is 7.13. The fraction of sp³-hybridized carbons (Fsp3) is 0.217. The number of hydrogen-bond donors (Lipinski definition) is 0. The molecule has 0 N–H and O–H groups in total. The highest BCUT2D eigenvalue weighted by Gasteiger charge is 2.39. The molecule has 0 aliphatic rings. The summed E-state index contributed by atoms with van der Waals surface area (Å²) < 4.78 is 19.7. The fourth-order valence-electron chi connectivity index (χ4n) is 6.85. The molecule has 0 aliphatic heterocycles. The fourth-order valence-corrected chi connectivity index (χ4v) is 6.85. The number of hydrogen-bond acceptors (Lipinski definition) is 4. The lowest BCUT2D eigenvalue weighted by Crippen LogP contribution is -2.34. The highest BCUT2D eigenvalue weighted by Crippen LogP contribution is 2.43. The second-order valence-corrected chi connectivity index (χ2v) is 12.8. The number of methoxy groups -OCH3 is 1. The van der Waals surface area contributed by atoms with Gasteiger partial charge in [-0.15, -0.1) is 0 Å². The van der Waals surface area contributed by atoms with Gasteiger partial charge in [-0.1, -0.05) is 146 Å². The molecule has 0 saturated heterocycles. The van der Waals surface area contributed by atoms with E-state index in [0.717, 1.165) is 64.1 Å². The molecule has 0 radical (unpaired) electrons. The quantitative estimate of drug-likeness (QED) is 0.0763. The smallest absolute Gasteiger partial charge is 0.143 e. The third kappa shape index (κ3) is 7.38. The normalized spacial score (nSPS) is 11.7. The van der Waals surface area contributed by atoms with Gasteiger partial charge in [-0.3, -0.25) is 0 Å². The van der Waals surface area contributed by atoms with Crippen LogP contribution in [-0.4, -0.2) is 34.4 Å². The molecule has 0 bridgehead atoms. The van der Waals surface area contributed by atoms with E-state index in [0.29, 0.717) is 13.2 Å². The molecular weight excluding hydrogens is 615 g/mol. The van der Waals surface area contributed by atoms with E-state index in [-0.39, 0.29) is 0 Å². The molecule has 4 nitrogen and oxygen atoms in total. The first-order valence-electron chi connectivity index (χ1n) is 17.5. The maximum atomic E-state index is 7.13. The average molecular weight is 662 g/mol. The number of nitrogens with zero attached hydrogens (tertiary/aromatic N) is 1. The van der Waals surface area contributed by atoms with E-state index in [1.807, 2.05) is 12.1 Å². The molecule has 0 unspecified atom stereocenters. The minimum atomic E-state index is -0.765. The van der Waals surface area contributed by atoms with Crippen molar-refractivity contribution in [3.63, 3.8) is 0 Å². The lowest BCUT2D eigenvalue weighted by Gasteiger charge is -2.37. The van der Waals surface area contributed by atoms with Crippen LogP contribution < -0.4 is 9.64 Å². The van der Waals surface area contributed by atoms with Crippen LogP contribution >= 0.6 is 0 Å². The van der Waals surface area contributed by atoms with Crippen molar-refractivity contribution in [1.82, 2.24) is 0 Å². The van der Waals surface area contributed by atoms with Crippen molar-refractivity contribution >= 4 is 5.69 Å². The molecule has 254 valence electrons. The topological polar surface area (TPSA) is 30.9 Å². The van der Waals surface area contributed by atoms with Crippen molar-refractivity contribution in [2.45, 2.75) is 30.5 Å².